The van der Waals surface area contributed by atoms with Gasteiger partial charge in [0, 0.05) is 31.4 Å². The summed E-state index contributed by atoms with van der Waals surface area (Å²) in [6.45, 7) is 2.93. The predicted octanol–water partition coefficient (Wildman–Crippen LogP) is 6.22. The van der Waals surface area contributed by atoms with Crippen molar-refractivity contribution in [1.29, 1.82) is 0 Å². The third-order valence-electron chi connectivity index (χ3n) is 9.01. The van der Waals surface area contributed by atoms with E-state index in [1.54, 1.807) is 0 Å². The van der Waals surface area contributed by atoms with E-state index in [1.165, 1.54) is 38.5 Å². The number of amides is 1. The molecule has 0 unspecified atom stereocenters. The molecule has 2 spiro atoms. The lowest BCUT2D eigenvalue weighted by Crippen LogP contribution is -2.58. The highest BCUT2D eigenvalue weighted by atomic mass is 16.9. The number of fused-ring (bicyclic) bond motifs is 3. The zero-order chi connectivity index (χ0) is 26.7. The summed E-state index contributed by atoms with van der Waals surface area (Å²) in [7, 11) is 0. The standard InChI is InChI=1S/C31H45NO7/c1-2-3-4-5-12-21-34-23-15-13-22(14-16-23)32-28(33)26-24-25(37-30(36-24)17-8-6-9-18-30)27-29(35-26)39-31(38-27)19-10-7-11-20-31/h13-16,24-27,29H,2-12,17-21H2,1H3,(H,32,33)/t24-,25-,26+,27+,29-/m0/s1. The van der Waals surface area contributed by atoms with Crippen molar-refractivity contribution in [3.05, 3.63) is 24.3 Å². The van der Waals surface area contributed by atoms with Crippen molar-refractivity contribution < 1.29 is 33.2 Å². The minimum atomic E-state index is -0.848. The number of hydrogen-bond donors (Lipinski definition) is 1. The molecule has 1 aromatic rings. The van der Waals surface area contributed by atoms with Crippen molar-refractivity contribution in [2.24, 2.45) is 0 Å². The largest absolute Gasteiger partial charge is 0.494 e. The van der Waals surface area contributed by atoms with E-state index in [2.05, 4.69) is 12.2 Å². The van der Waals surface area contributed by atoms with E-state index in [0.29, 0.717) is 12.3 Å². The summed E-state index contributed by atoms with van der Waals surface area (Å²) < 4.78 is 38.4. The fourth-order valence-electron chi connectivity index (χ4n) is 6.91. The Morgan fingerprint density at radius 1 is 0.795 bits per heavy atom. The number of carbonyl (C=O) groups is 1. The van der Waals surface area contributed by atoms with Gasteiger partial charge in [0.25, 0.3) is 5.91 Å². The van der Waals surface area contributed by atoms with Gasteiger partial charge >= 0.3 is 0 Å². The molecule has 2 saturated carbocycles. The first-order chi connectivity index (χ1) is 19.1. The van der Waals surface area contributed by atoms with Gasteiger partial charge in [0.15, 0.2) is 24.0 Å². The lowest BCUT2D eigenvalue weighted by Gasteiger charge is -2.36. The van der Waals surface area contributed by atoms with Crippen molar-refractivity contribution in [3.8, 4) is 5.75 Å². The summed E-state index contributed by atoms with van der Waals surface area (Å²) in [6, 6.07) is 7.53. The topological polar surface area (TPSA) is 84.5 Å². The SMILES string of the molecule is CCCCCCCOc1ccc(NC(=O)[C@@H]2O[C@H]3OC4(CCCCC4)O[C@@H]3[C@H]3OC4(CCCCC4)O[C@@H]32)cc1. The molecule has 1 amide bonds. The zero-order valence-electron chi connectivity index (χ0n) is 23.4. The van der Waals surface area contributed by atoms with Crippen molar-refractivity contribution >= 4 is 11.6 Å². The fraction of sp³-hybridized carbons (Fsp3) is 0.774. The molecule has 1 aromatic carbocycles. The number of benzene rings is 1. The quantitative estimate of drug-likeness (QED) is 0.370. The third kappa shape index (κ3) is 6.01. The van der Waals surface area contributed by atoms with E-state index in [4.69, 9.17) is 28.4 Å². The number of nitrogens with one attached hydrogen (secondary N) is 1. The molecule has 1 N–H and O–H groups in total. The van der Waals surface area contributed by atoms with Gasteiger partial charge in [-0.3, -0.25) is 4.79 Å². The molecule has 3 aliphatic heterocycles. The smallest absolute Gasteiger partial charge is 0.256 e. The molecule has 3 heterocycles. The van der Waals surface area contributed by atoms with Crippen LogP contribution in [0.25, 0.3) is 0 Å². The monoisotopic (exact) mass is 543 g/mol. The summed E-state index contributed by atoms with van der Waals surface area (Å²) in [6.07, 6.45) is 13.2. The summed E-state index contributed by atoms with van der Waals surface area (Å²) in [5, 5.41) is 3.03. The Kier molecular flexibility index (Phi) is 8.47. The number of rotatable bonds is 9. The van der Waals surface area contributed by atoms with Crippen LogP contribution in [0.1, 0.15) is 103 Å². The minimum absolute atomic E-state index is 0.252. The Bertz CT molecular complexity index is 956. The van der Waals surface area contributed by atoms with Gasteiger partial charge in [-0.25, -0.2) is 0 Å². The summed E-state index contributed by atoms with van der Waals surface area (Å²) in [5.41, 5.74) is 0.691. The first-order valence-electron chi connectivity index (χ1n) is 15.5. The molecule has 5 fully saturated rings. The average Bonchev–Trinajstić information content (AvgIpc) is 3.49. The van der Waals surface area contributed by atoms with Gasteiger partial charge in [0.2, 0.25) is 0 Å². The van der Waals surface area contributed by atoms with Crippen LogP contribution in [0.3, 0.4) is 0 Å². The zero-order valence-corrected chi connectivity index (χ0v) is 23.4. The number of carbonyl (C=O) groups excluding carboxylic acids is 1. The molecule has 5 aliphatic rings. The Labute approximate surface area is 232 Å². The van der Waals surface area contributed by atoms with Crippen LogP contribution in [0.15, 0.2) is 24.3 Å². The molecule has 5 atom stereocenters. The molecule has 39 heavy (non-hydrogen) atoms. The van der Waals surface area contributed by atoms with Gasteiger partial charge < -0.3 is 33.7 Å². The van der Waals surface area contributed by atoms with E-state index < -0.39 is 42.3 Å². The van der Waals surface area contributed by atoms with Gasteiger partial charge in [0.1, 0.15) is 24.1 Å². The Morgan fingerprint density at radius 3 is 2.10 bits per heavy atom. The predicted molar refractivity (Wildman–Crippen MR) is 145 cm³/mol. The maximum atomic E-state index is 13.6. The first-order valence-corrected chi connectivity index (χ1v) is 15.5. The maximum absolute atomic E-state index is 13.6. The third-order valence-corrected chi connectivity index (χ3v) is 9.01. The second-order valence-electron chi connectivity index (χ2n) is 12.0. The van der Waals surface area contributed by atoms with Crippen LogP contribution in [0.2, 0.25) is 0 Å². The van der Waals surface area contributed by atoms with E-state index in [0.717, 1.165) is 63.5 Å². The van der Waals surface area contributed by atoms with Gasteiger partial charge in [-0.2, -0.15) is 0 Å². The Balaban J connectivity index is 1.11. The minimum Gasteiger partial charge on any atom is -0.494 e. The van der Waals surface area contributed by atoms with Gasteiger partial charge in [-0.1, -0.05) is 45.4 Å². The van der Waals surface area contributed by atoms with Gasteiger partial charge in [0.05, 0.1) is 6.61 Å². The molecule has 2 aliphatic carbocycles. The van der Waals surface area contributed by atoms with Gasteiger partial charge in [-0.05, 0) is 56.4 Å². The Hall–Kier alpha value is -1.71. The molecule has 0 bridgehead atoms. The molecule has 8 nitrogen and oxygen atoms in total. The van der Waals surface area contributed by atoms with E-state index in [-0.39, 0.29) is 5.91 Å². The van der Waals surface area contributed by atoms with Crippen LogP contribution in [-0.4, -0.2) is 54.8 Å². The molecule has 8 heteroatoms. The maximum Gasteiger partial charge on any atom is 0.256 e. The van der Waals surface area contributed by atoms with Crippen LogP contribution in [-0.2, 0) is 28.5 Å². The van der Waals surface area contributed by atoms with Crippen LogP contribution < -0.4 is 10.1 Å². The number of ether oxygens (including phenoxy) is 6. The molecular formula is C31H45NO7. The molecular weight excluding hydrogens is 498 g/mol. The van der Waals surface area contributed by atoms with E-state index in [9.17, 15) is 4.79 Å². The van der Waals surface area contributed by atoms with Crippen molar-refractivity contribution in [3.63, 3.8) is 0 Å². The second kappa shape index (κ2) is 12.0. The fourth-order valence-corrected chi connectivity index (χ4v) is 6.91. The van der Waals surface area contributed by atoms with Crippen LogP contribution >= 0.6 is 0 Å². The number of hydrogen-bond acceptors (Lipinski definition) is 7. The highest BCUT2D eigenvalue weighted by Gasteiger charge is 2.65. The molecule has 6 rings (SSSR count). The van der Waals surface area contributed by atoms with Crippen molar-refractivity contribution in [1.82, 2.24) is 0 Å². The second-order valence-corrected chi connectivity index (χ2v) is 12.0. The number of anilines is 1. The highest BCUT2D eigenvalue weighted by Crippen LogP contribution is 2.51. The van der Waals surface area contributed by atoms with E-state index >= 15 is 0 Å². The highest BCUT2D eigenvalue weighted by molar-refractivity contribution is 5.94. The number of unbranched alkanes of at least 4 members (excludes halogenated alkanes) is 4. The van der Waals surface area contributed by atoms with Crippen molar-refractivity contribution in [2.45, 2.75) is 146 Å². The molecule has 0 aromatic heterocycles. The van der Waals surface area contributed by atoms with Crippen molar-refractivity contribution in [2.75, 3.05) is 11.9 Å². The molecule has 0 radical (unpaired) electrons. The lowest BCUT2D eigenvalue weighted by molar-refractivity contribution is -0.246. The van der Waals surface area contributed by atoms with E-state index in [1.807, 2.05) is 24.3 Å². The van der Waals surface area contributed by atoms with Crippen LogP contribution in [0.5, 0.6) is 5.75 Å². The van der Waals surface area contributed by atoms with Crippen LogP contribution in [0.4, 0.5) is 5.69 Å². The van der Waals surface area contributed by atoms with Crippen LogP contribution in [0, 0.1) is 0 Å². The summed E-state index contributed by atoms with van der Waals surface area (Å²) >= 11 is 0. The first kappa shape index (κ1) is 27.5. The lowest BCUT2D eigenvalue weighted by atomic mass is 9.94. The Morgan fingerprint density at radius 2 is 1.41 bits per heavy atom. The summed E-state index contributed by atoms with van der Waals surface area (Å²) in [5.74, 6) is -0.744. The summed E-state index contributed by atoms with van der Waals surface area (Å²) in [4.78, 5) is 13.6. The van der Waals surface area contributed by atoms with Gasteiger partial charge in [-0.15, -0.1) is 0 Å². The molecule has 216 valence electrons. The normalized spacial score (nSPS) is 32.6. The average molecular weight is 544 g/mol. The molecule has 3 saturated heterocycles.